The van der Waals surface area contributed by atoms with E-state index in [1.54, 1.807) is 7.11 Å². The second kappa shape index (κ2) is 7.86. The molecule has 1 fully saturated rings. The molecule has 0 atom stereocenters. The van der Waals surface area contributed by atoms with E-state index in [4.69, 9.17) is 10.5 Å². The van der Waals surface area contributed by atoms with E-state index in [1.807, 2.05) is 6.07 Å². The highest BCUT2D eigenvalue weighted by Gasteiger charge is 2.19. The van der Waals surface area contributed by atoms with Crippen molar-refractivity contribution in [3.63, 3.8) is 0 Å². The Labute approximate surface area is 130 Å². The van der Waals surface area contributed by atoms with Crippen molar-refractivity contribution in [2.75, 3.05) is 51.3 Å². The van der Waals surface area contributed by atoms with Gasteiger partial charge in [0.2, 0.25) is 0 Å². The largest absolute Gasteiger partial charge is 0.495 e. The summed E-state index contributed by atoms with van der Waals surface area (Å²) in [7, 11) is 1.73. The Morgan fingerprint density at radius 3 is 2.60 bits per heavy atom. The van der Waals surface area contributed by atoms with E-state index in [1.165, 1.54) is 18.7 Å². The molecular weight excluding hydrogens is 318 g/mol. The van der Waals surface area contributed by atoms with Crippen LogP contribution in [0.15, 0.2) is 22.7 Å². The van der Waals surface area contributed by atoms with Crippen LogP contribution in [0, 0.1) is 0 Å². The number of halogens is 1. The Balaban J connectivity index is 1.90. The summed E-state index contributed by atoms with van der Waals surface area (Å²) in [4.78, 5) is 4.93. The molecule has 0 spiro atoms. The van der Waals surface area contributed by atoms with Gasteiger partial charge in [0.25, 0.3) is 0 Å². The molecule has 4 nitrogen and oxygen atoms in total. The lowest BCUT2D eigenvalue weighted by Gasteiger charge is -2.36. The first-order valence-electron chi connectivity index (χ1n) is 7.25. The maximum absolute atomic E-state index is 5.54. The van der Waals surface area contributed by atoms with Crippen LogP contribution in [0.1, 0.15) is 12.8 Å². The lowest BCUT2D eigenvalue weighted by atomic mass is 10.2. The Bertz CT molecular complexity index is 420. The minimum absolute atomic E-state index is 0.802. The third-order valence-electron chi connectivity index (χ3n) is 3.78. The summed E-state index contributed by atoms with van der Waals surface area (Å²) in [5, 5.41) is 0. The number of piperazine rings is 1. The molecule has 1 aromatic carbocycles. The predicted octanol–water partition coefficient (Wildman–Crippen LogP) is 2.32. The van der Waals surface area contributed by atoms with Gasteiger partial charge in [-0.2, -0.15) is 0 Å². The van der Waals surface area contributed by atoms with Gasteiger partial charge in [-0.05, 0) is 44.1 Å². The molecule has 0 aliphatic carbocycles. The highest BCUT2D eigenvalue weighted by molar-refractivity contribution is 9.10. The van der Waals surface area contributed by atoms with Crippen LogP contribution in [0.2, 0.25) is 0 Å². The second-order valence-electron chi connectivity index (χ2n) is 5.14. The molecular formula is C15H24BrN3O. The zero-order valence-corrected chi connectivity index (χ0v) is 13.7. The number of ether oxygens (including phenoxy) is 1. The van der Waals surface area contributed by atoms with Crippen molar-refractivity contribution in [1.29, 1.82) is 0 Å². The van der Waals surface area contributed by atoms with Crippen molar-refractivity contribution < 1.29 is 4.74 Å². The number of hydrogen-bond donors (Lipinski definition) is 1. The van der Waals surface area contributed by atoms with Gasteiger partial charge in [0.15, 0.2) is 0 Å². The number of anilines is 1. The van der Waals surface area contributed by atoms with Crippen LogP contribution in [-0.2, 0) is 0 Å². The molecule has 1 aliphatic rings. The lowest BCUT2D eigenvalue weighted by Crippen LogP contribution is -2.46. The first-order chi connectivity index (χ1) is 9.74. The van der Waals surface area contributed by atoms with E-state index < -0.39 is 0 Å². The molecule has 0 bridgehead atoms. The third kappa shape index (κ3) is 4.11. The van der Waals surface area contributed by atoms with Gasteiger partial charge in [-0.3, -0.25) is 4.90 Å². The molecule has 1 heterocycles. The zero-order chi connectivity index (χ0) is 14.4. The van der Waals surface area contributed by atoms with Crippen LogP contribution in [0.3, 0.4) is 0 Å². The monoisotopic (exact) mass is 341 g/mol. The van der Waals surface area contributed by atoms with E-state index in [0.717, 1.165) is 49.4 Å². The minimum Gasteiger partial charge on any atom is -0.495 e. The molecule has 1 aromatic rings. The number of benzene rings is 1. The molecule has 0 saturated carbocycles. The van der Waals surface area contributed by atoms with Crippen molar-refractivity contribution in [2.24, 2.45) is 5.73 Å². The highest BCUT2D eigenvalue weighted by atomic mass is 79.9. The standard InChI is InChI=1S/C15H24BrN3O/c1-20-15-12-13(16)4-5-14(15)19-10-8-18(9-11-19)7-3-2-6-17/h4-5,12H,2-3,6-11,17H2,1H3. The molecule has 1 aliphatic heterocycles. The quantitative estimate of drug-likeness (QED) is 0.806. The Morgan fingerprint density at radius 2 is 1.95 bits per heavy atom. The van der Waals surface area contributed by atoms with Crippen molar-refractivity contribution in [2.45, 2.75) is 12.8 Å². The number of hydrogen-bond acceptors (Lipinski definition) is 4. The molecule has 0 amide bonds. The Morgan fingerprint density at radius 1 is 1.20 bits per heavy atom. The average Bonchev–Trinajstić information content (AvgIpc) is 2.48. The van der Waals surface area contributed by atoms with Crippen LogP contribution in [0.25, 0.3) is 0 Å². The van der Waals surface area contributed by atoms with Crippen molar-refractivity contribution in [1.82, 2.24) is 4.90 Å². The molecule has 112 valence electrons. The van der Waals surface area contributed by atoms with Crippen molar-refractivity contribution in [3.8, 4) is 5.75 Å². The maximum Gasteiger partial charge on any atom is 0.143 e. The first-order valence-corrected chi connectivity index (χ1v) is 8.05. The summed E-state index contributed by atoms with van der Waals surface area (Å²) < 4.78 is 6.54. The molecule has 0 aromatic heterocycles. The molecule has 0 unspecified atom stereocenters. The van der Waals surface area contributed by atoms with Crippen LogP contribution < -0.4 is 15.4 Å². The van der Waals surface area contributed by atoms with Gasteiger partial charge in [-0.1, -0.05) is 15.9 Å². The average molecular weight is 342 g/mol. The number of nitrogens with zero attached hydrogens (tertiary/aromatic N) is 2. The lowest BCUT2D eigenvalue weighted by molar-refractivity contribution is 0.252. The fourth-order valence-corrected chi connectivity index (χ4v) is 2.94. The molecule has 0 radical (unpaired) electrons. The summed E-state index contributed by atoms with van der Waals surface area (Å²) in [6.45, 7) is 6.31. The van der Waals surface area contributed by atoms with E-state index in [2.05, 4.69) is 37.9 Å². The number of methoxy groups -OCH3 is 1. The summed E-state index contributed by atoms with van der Waals surface area (Å²) in [6.07, 6.45) is 2.33. The van der Waals surface area contributed by atoms with Crippen LogP contribution in [0.4, 0.5) is 5.69 Å². The van der Waals surface area contributed by atoms with Gasteiger partial charge in [-0.15, -0.1) is 0 Å². The minimum atomic E-state index is 0.802. The van der Waals surface area contributed by atoms with E-state index in [9.17, 15) is 0 Å². The van der Waals surface area contributed by atoms with Crippen LogP contribution in [0.5, 0.6) is 5.75 Å². The highest BCUT2D eigenvalue weighted by Crippen LogP contribution is 2.31. The number of nitrogens with two attached hydrogens (primary N) is 1. The van der Waals surface area contributed by atoms with E-state index in [0.29, 0.717) is 0 Å². The topological polar surface area (TPSA) is 41.7 Å². The second-order valence-corrected chi connectivity index (χ2v) is 6.06. The van der Waals surface area contributed by atoms with E-state index in [-0.39, 0.29) is 0 Å². The van der Waals surface area contributed by atoms with Gasteiger partial charge < -0.3 is 15.4 Å². The van der Waals surface area contributed by atoms with Crippen molar-refractivity contribution >= 4 is 21.6 Å². The molecule has 2 N–H and O–H groups in total. The SMILES string of the molecule is COc1cc(Br)ccc1N1CCN(CCCCN)CC1. The predicted molar refractivity (Wildman–Crippen MR) is 87.6 cm³/mol. The fraction of sp³-hybridized carbons (Fsp3) is 0.600. The van der Waals surface area contributed by atoms with E-state index >= 15 is 0 Å². The van der Waals surface area contributed by atoms with Crippen molar-refractivity contribution in [3.05, 3.63) is 22.7 Å². The summed E-state index contributed by atoms with van der Waals surface area (Å²) >= 11 is 3.49. The van der Waals surface area contributed by atoms with Gasteiger partial charge >= 0.3 is 0 Å². The normalized spacial score (nSPS) is 16.4. The molecule has 2 rings (SSSR count). The Hall–Kier alpha value is -0.780. The zero-order valence-electron chi connectivity index (χ0n) is 12.1. The van der Waals surface area contributed by atoms with Gasteiger partial charge in [0, 0.05) is 30.7 Å². The molecule has 5 heteroatoms. The summed E-state index contributed by atoms with van der Waals surface area (Å²) in [5.74, 6) is 0.941. The van der Waals surface area contributed by atoms with Gasteiger partial charge in [0.05, 0.1) is 12.8 Å². The maximum atomic E-state index is 5.54. The van der Waals surface area contributed by atoms with Gasteiger partial charge in [0.1, 0.15) is 5.75 Å². The smallest absolute Gasteiger partial charge is 0.143 e. The number of rotatable bonds is 6. The number of unbranched alkanes of at least 4 members (excludes halogenated alkanes) is 1. The molecule has 20 heavy (non-hydrogen) atoms. The van der Waals surface area contributed by atoms with Gasteiger partial charge in [-0.25, -0.2) is 0 Å². The fourth-order valence-electron chi connectivity index (χ4n) is 2.60. The molecule has 1 saturated heterocycles. The Kier molecular flexibility index (Phi) is 6.13. The van der Waals surface area contributed by atoms with Crippen LogP contribution >= 0.6 is 15.9 Å². The summed E-state index contributed by atoms with van der Waals surface area (Å²) in [5.41, 5.74) is 6.73. The van der Waals surface area contributed by atoms with Crippen LogP contribution in [-0.4, -0.2) is 51.3 Å². The summed E-state index contributed by atoms with van der Waals surface area (Å²) in [6, 6.07) is 6.24. The first kappa shape index (κ1) is 15.6. The third-order valence-corrected chi connectivity index (χ3v) is 4.28.